The van der Waals surface area contributed by atoms with Crippen LogP contribution in [0, 0.1) is 0 Å². The molecule has 4 heteroatoms. The minimum Gasteiger partial charge on any atom is -0.421 e. The van der Waals surface area contributed by atoms with Gasteiger partial charge in [-0.15, -0.1) is 0 Å². The van der Waals surface area contributed by atoms with E-state index in [-0.39, 0.29) is 0 Å². The summed E-state index contributed by atoms with van der Waals surface area (Å²) in [5.41, 5.74) is 0. The van der Waals surface area contributed by atoms with E-state index in [9.17, 15) is 0 Å². The second kappa shape index (κ2) is 6.76. The lowest BCUT2D eigenvalue weighted by Crippen LogP contribution is -2.44. The van der Waals surface area contributed by atoms with Crippen molar-refractivity contribution in [1.29, 1.82) is 0 Å². The van der Waals surface area contributed by atoms with Gasteiger partial charge in [-0.2, -0.15) is 0 Å². The van der Waals surface area contributed by atoms with E-state index in [1.54, 1.807) is 0 Å². The van der Waals surface area contributed by atoms with Crippen molar-refractivity contribution in [3.63, 3.8) is 0 Å². The summed E-state index contributed by atoms with van der Waals surface area (Å²) in [6.45, 7) is 6.51. The van der Waals surface area contributed by atoms with Crippen molar-refractivity contribution in [1.82, 2.24) is 0 Å². The van der Waals surface area contributed by atoms with E-state index in [1.165, 1.54) is 31.4 Å². The molecule has 0 aromatic carbocycles. The molecule has 0 aromatic rings. The molecule has 13 heavy (non-hydrogen) atoms. The maximum absolute atomic E-state index is 6.00. The van der Waals surface area contributed by atoms with Crippen LogP contribution >= 0.6 is 0 Å². The van der Waals surface area contributed by atoms with Crippen molar-refractivity contribution in [3.8, 4) is 0 Å². The fourth-order valence-electron chi connectivity index (χ4n) is 1.76. The van der Waals surface area contributed by atoms with E-state index >= 15 is 0 Å². The third-order valence-electron chi connectivity index (χ3n) is 2.61. The maximum atomic E-state index is 6.00. The maximum Gasteiger partial charge on any atom is 0.193 e. The van der Waals surface area contributed by atoms with Gasteiger partial charge in [-0.3, -0.25) is 0 Å². The van der Waals surface area contributed by atoms with Gasteiger partial charge in [-0.25, -0.2) is 0 Å². The Hall–Kier alpha value is 0.354. The highest BCUT2D eigenvalue weighted by atomic mass is 29.2. The lowest BCUT2D eigenvalue weighted by Gasteiger charge is -2.28. The fourth-order valence-corrected chi connectivity index (χ4v) is 10.5. The predicted molar refractivity (Wildman–Crippen MR) is 61.0 cm³/mol. The van der Waals surface area contributed by atoms with Gasteiger partial charge < -0.3 is 8.85 Å². The van der Waals surface area contributed by atoms with Crippen molar-refractivity contribution >= 4 is 17.1 Å². The molecule has 2 nitrogen and oxygen atoms in total. The second-order valence-electron chi connectivity index (χ2n) is 3.72. The highest BCUT2D eigenvalue weighted by Crippen LogP contribution is 2.14. The molecular weight excluding hydrogens is 196 g/mol. The van der Waals surface area contributed by atoms with Crippen LogP contribution in [0.1, 0.15) is 33.1 Å². The third kappa shape index (κ3) is 3.93. The second-order valence-corrected chi connectivity index (χ2v) is 12.4. The van der Waals surface area contributed by atoms with E-state index in [0.717, 1.165) is 13.2 Å². The first-order valence-electron chi connectivity index (χ1n) is 5.61. The van der Waals surface area contributed by atoms with Gasteiger partial charge in [-0.1, -0.05) is 20.3 Å². The SMILES string of the molecule is CCCCO[SiH]1CCCO[SiH]1CC. The number of unbranched alkanes of at least 4 members (excludes halogenated alkanes) is 1. The Labute approximate surface area is 84.9 Å². The molecule has 0 amide bonds. The molecule has 1 aliphatic heterocycles. The predicted octanol–water partition coefficient (Wildman–Crippen LogP) is 1.77. The monoisotopic (exact) mass is 218 g/mol. The summed E-state index contributed by atoms with van der Waals surface area (Å²) in [6.07, 6.45) is 3.74. The summed E-state index contributed by atoms with van der Waals surface area (Å²) >= 11 is 0. The standard InChI is InChI=1S/C9H22O2Si2/c1-3-5-7-11-13-9-6-8-10-12(13)4-2/h12-13H,3-9H2,1-2H3. The largest absolute Gasteiger partial charge is 0.421 e. The summed E-state index contributed by atoms with van der Waals surface area (Å²) in [5, 5.41) is 0. The zero-order valence-electron chi connectivity index (χ0n) is 8.92. The average molecular weight is 218 g/mol. The van der Waals surface area contributed by atoms with Gasteiger partial charge in [0.25, 0.3) is 0 Å². The van der Waals surface area contributed by atoms with Crippen molar-refractivity contribution < 1.29 is 8.85 Å². The van der Waals surface area contributed by atoms with Crippen molar-refractivity contribution in [3.05, 3.63) is 0 Å². The van der Waals surface area contributed by atoms with Crippen molar-refractivity contribution in [2.75, 3.05) is 13.2 Å². The van der Waals surface area contributed by atoms with Crippen LogP contribution in [0.3, 0.4) is 0 Å². The molecule has 0 aliphatic carbocycles. The Morgan fingerprint density at radius 1 is 1.38 bits per heavy atom. The van der Waals surface area contributed by atoms with Crippen LogP contribution < -0.4 is 0 Å². The molecule has 1 aliphatic rings. The number of rotatable bonds is 5. The Balaban J connectivity index is 2.19. The van der Waals surface area contributed by atoms with Gasteiger partial charge in [0.2, 0.25) is 0 Å². The third-order valence-corrected chi connectivity index (χ3v) is 12.6. The van der Waals surface area contributed by atoms with E-state index in [0.29, 0.717) is 0 Å². The van der Waals surface area contributed by atoms with E-state index in [4.69, 9.17) is 8.85 Å². The molecule has 2 unspecified atom stereocenters. The minimum atomic E-state index is -0.856. The Morgan fingerprint density at radius 3 is 2.92 bits per heavy atom. The summed E-state index contributed by atoms with van der Waals surface area (Å²) in [4.78, 5) is 0. The number of hydrogen-bond donors (Lipinski definition) is 0. The van der Waals surface area contributed by atoms with E-state index < -0.39 is 17.1 Å². The number of hydrogen-bond acceptors (Lipinski definition) is 2. The fraction of sp³-hybridized carbons (Fsp3) is 1.00. The summed E-state index contributed by atoms with van der Waals surface area (Å²) in [7, 11) is -1.70. The molecule has 2 atom stereocenters. The van der Waals surface area contributed by atoms with E-state index in [1.807, 2.05) is 0 Å². The van der Waals surface area contributed by atoms with Crippen molar-refractivity contribution in [2.45, 2.75) is 45.2 Å². The van der Waals surface area contributed by atoms with Crippen LogP contribution in [0.4, 0.5) is 0 Å². The van der Waals surface area contributed by atoms with Crippen LogP contribution in [0.15, 0.2) is 0 Å². The van der Waals surface area contributed by atoms with Gasteiger partial charge in [0.15, 0.2) is 17.1 Å². The molecule has 1 rings (SSSR count). The Kier molecular flexibility index (Phi) is 5.94. The van der Waals surface area contributed by atoms with Crippen LogP contribution in [0.5, 0.6) is 0 Å². The summed E-state index contributed by atoms with van der Waals surface area (Å²) in [5.74, 6) is 0. The lowest BCUT2D eigenvalue weighted by molar-refractivity contribution is 0.276. The van der Waals surface area contributed by atoms with Gasteiger partial charge in [-0.05, 0) is 24.9 Å². The first kappa shape index (κ1) is 11.4. The molecule has 78 valence electrons. The zero-order chi connectivity index (χ0) is 9.52. The Morgan fingerprint density at radius 2 is 2.23 bits per heavy atom. The van der Waals surface area contributed by atoms with Gasteiger partial charge in [0, 0.05) is 13.2 Å². The Bertz CT molecular complexity index is 133. The molecule has 0 saturated carbocycles. The molecule has 0 radical (unpaired) electrons. The minimum absolute atomic E-state index is 0.846. The highest BCUT2D eigenvalue weighted by molar-refractivity contribution is 7.16. The summed E-state index contributed by atoms with van der Waals surface area (Å²) in [6, 6.07) is 2.66. The first-order valence-corrected chi connectivity index (χ1v) is 10.9. The van der Waals surface area contributed by atoms with Gasteiger partial charge in [0.1, 0.15) is 0 Å². The van der Waals surface area contributed by atoms with Crippen LogP contribution in [-0.4, -0.2) is 30.3 Å². The quantitative estimate of drug-likeness (QED) is 0.517. The molecule has 0 spiro atoms. The van der Waals surface area contributed by atoms with Crippen molar-refractivity contribution in [2.24, 2.45) is 0 Å². The molecule has 0 bridgehead atoms. The smallest absolute Gasteiger partial charge is 0.193 e. The topological polar surface area (TPSA) is 18.5 Å². The molecule has 1 heterocycles. The average Bonchev–Trinajstić information content (AvgIpc) is 2.19. The normalized spacial score (nSPS) is 29.1. The summed E-state index contributed by atoms with van der Waals surface area (Å²) < 4.78 is 11.8. The van der Waals surface area contributed by atoms with Crippen LogP contribution in [-0.2, 0) is 8.85 Å². The molecule has 1 fully saturated rings. The van der Waals surface area contributed by atoms with Gasteiger partial charge >= 0.3 is 0 Å². The lowest BCUT2D eigenvalue weighted by atomic mass is 10.4. The first-order chi connectivity index (χ1) is 6.38. The van der Waals surface area contributed by atoms with E-state index in [2.05, 4.69) is 13.8 Å². The molecule has 0 N–H and O–H groups in total. The highest BCUT2D eigenvalue weighted by Gasteiger charge is 2.29. The molecule has 1 saturated heterocycles. The zero-order valence-corrected chi connectivity index (χ0v) is 11.2. The van der Waals surface area contributed by atoms with Crippen LogP contribution in [0.2, 0.25) is 12.1 Å². The van der Waals surface area contributed by atoms with Gasteiger partial charge in [0.05, 0.1) is 0 Å². The molecule has 0 aromatic heterocycles. The molecular formula is C9H22O2Si2. The van der Waals surface area contributed by atoms with Crippen LogP contribution in [0.25, 0.3) is 0 Å².